The minimum atomic E-state index is -0.221. The van der Waals surface area contributed by atoms with Crippen LogP contribution in [0.1, 0.15) is 19.5 Å². The number of rotatable bonds is 3. The van der Waals surface area contributed by atoms with E-state index < -0.39 is 0 Å². The van der Waals surface area contributed by atoms with Gasteiger partial charge in [0.05, 0.1) is 0 Å². The molecule has 1 rings (SSSR count). The molecule has 2 N–H and O–H groups in total. The van der Waals surface area contributed by atoms with E-state index in [2.05, 4.69) is 4.98 Å². The molecule has 78 valence electrons. The molecule has 0 aromatic carbocycles. The molecule has 4 heteroatoms. The van der Waals surface area contributed by atoms with Gasteiger partial charge in [0.1, 0.15) is 0 Å². The lowest BCUT2D eigenvalue weighted by Crippen LogP contribution is -2.36. The van der Waals surface area contributed by atoms with Crippen LogP contribution < -0.4 is 11.4 Å². The average molecular weight is 195 g/mol. The monoisotopic (exact) mass is 195 g/mol. The third-order valence-corrected chi connectivity index (χ3v) is 2.28. The van der Waals surface area contributed by atoms with Crippen LogP contribution in [-0.4, -0.2) is 15.6 Å². The second kappa shape index (κ2) is 4.37. The van der Waals surface area contributed by atoms with Gasteiger partial charge in [0.2, 0.25) is 0 Å². The summed E-state index contributed by atoms with van der Waals surface area (Å²) in [6, 6.07) is 1.81. The molecule has 1 heterocycles. The van der Waals surface area contributed by atoms with E-state index >= 15 is 0 Å². The predicted octanol–water partition coefficient (Wildman–Crippen LogP) is 0.535. The Morgan fingerprint density at radius 2 is 2.21 bits per heavy atom. The highest BCUT2D eigenvalue weighted by Crippen LogP contribution is 2.00. The van der Waals surface area contributed by atoms with E-state index in [0.29, 0.717) is 12.5 Å². The zero-order valence-corrected chi connectivity index (χ0v) is 8.90. The van der Waals surface area contributed by atoms with Crippen molar-refractivity contribution in [3.05, 3.63) is 28.4 Å². The summed E-state index contributed by atoms with van der Waals surface area (Å²) < 4.78 is 1.55. The summed E-state index contributed by atoms with van der Waals surface area (Å²) in [7, 11) is 0. The highest BCUT2D eigenvalue weighted by Gasteiger charge is 2.09. The maximum Gasteiger partial charge on any atom is 0.347 e. The third kappa shape index (κ3) is 2.67. The lowest BCUT2D eigenvalue weighted by molar-refractivity contribution is 0.424. The van der Waals surface area contributed by atoms with E-state index in [1.807, 2.05) is 19.9 Å². The predicted molar refractivity (Wildman–Crippen MR) is 56.0 cm³/mol. The van der Waals surface area contributed by atoms with Gasteiger partial charge in [-0.15, -0.1) is 0 Å². The molecule has 0 saturated carbocycles. The number of aromatic nitrogens is 2. The Labute approximate surface area is 83.8 Å². The highest BCUT2D eigenvalue weighted by atomic mass is 16.1. The largest absolute Gasteiger partial charge is 0.347 e. The van der Waals surface area contributed by atoms with Crippen molar-refractivity contribution < 1.29 is 0 Å². The summed E-state index contributed by atoms with van der Waals surface area (Å²) in [6.07, 6.45) is 1.74. The molecule has 1 atom stereocenters. The summed E-state index contributed by atoms with van der Waals surface area (Å²) >= 11 is 0. The SMILES string of the molecule is Cc1ccn(CC(N)C(C)C)c(=O)n1. The van der Waals surface area contributed by atoms with Crippen molar-refractivity contribution in [2.24, 2.45) is 11.7 Å². The van der Waals surface area contributed by atoms with Crippen LogP contribution in [0.15, 0.2) is 17.1 Å². The van der Waals surface area contributed by atoms with Gasteiger partial charge in [-0.05, 0) is 18.9 Å². The Bertz CT molecular complexity index is 357. The van der Waals surface area contributed by atoms with Crippen molar-refractivity contribution in [1.82, 2.24) is 9.55 Å². The van der Waals surface area contributed by atoms with Gasteiger partial charge in [-0.2, -0.15) is 4.98 Å². The topological polar surface area (TPSA) is 60.9 Å². The lowest BCUT2D eigenvalue weighted by atomic mass is 10.1. The van der Waals surface area contributed by atoms with Gasteiger partial charge in [0, 0.05) is 24.5 Å². The molecule has 0 amide bonds. The van der Waals surface area contributed by atoms with Crippen molar-refractivity contribution in [2.45, 2.75) is 33.4 Å². The average Bonchev–Trinajstić information content (AvgIpc) is 2.09. The van der Waals surface area contributed by atoms with Crippen LogP contribution in [0.2, 0.25) is 0 Å². The van der Waals surface area contributed by atoms with Gasteiger partial charge >= 0.3 is 5.69 Å². The van der Waals surface area contributed by atoms with Crippen molar-refractivity contribution in [3.8, 4) is 0 Å². The summed E-state index contributed by atoms with van der Waals surface area (Å²) in [5.41, 5.74) is 6.39. The number of hydrogen-bond acceptors (Lipinski definition) is 3. The second-order valence-electron chi connectivity index (χ2n) is 3.91. The quantitative estimate of drug-likeness (QED) is 0.765. The zero-order valence-electron chi connectivity index (χ0n) is 8.90. The fourth-order valence-electron chi connectivity index (χ4n) is 1.09. The molecular weight excluding hydrogens is 178 g/mol. The maximum absolute atomic E-state index is 11.4. The van der Waals surface area contributed by atoms with Crippen molar-refractivity contribution >= 4 is 0 Å². The zero-order chi connectivity index (χ0) is 10.7. The molecule has 1 unspecified atom stereocenters. The van der Waals surface area contributed by atoms with Crippen LogP contribution in [0.5, 0.6) is 0 Å². The smallest absolute Gasteiger partial charge is 0.326 e. The van der Waals surface area contributed by atoms with Crippen LogP contribution >= 0.6 is 0 Å². The summed E-state index contributed by atoms with van der Waals surface area (Å²) in [6.45, 7) is 6.41. The van der Waals surface area contributed by atoms with Gasteiger partial charge in [-0.3, -0.25) is 4.57 Å². The molecule has 0 aliphatic carbocycles. The van der Waals surface area contributed by atoms with Gasteiger partial charge in [-0.1, -0.05) is 13.8 Å². The number of hydrogen-bond donors (Lipinski definition) is 1. The molecule has 14 heavy (non-hydrogen) atoms. The Balaban J connectivity index is 2.82. The van der Waals surface area contributed by atoms with Crippen molar-refractivity contribution in [2.75, 3.05) is 0 Å². The van der Waals surface area contributed by atoms with Crippen LogP contribution in [0, 0.1) is 12.8 Å². The van der Waals surface area contributed by atoms with Crippen LogP contribution in [0.3, 0.4) is 0 Å². The first-order valence-electron chi connectivity index (χ1n) is 4.80. The molecule has 1 aromatic heterocycles. The first-order valence-corrected chi connectivity index (χ1v) is 4.80. The fraction of sp³-hybridized carbons (Fsp3) is 0.600. The minimum absolute atomic E-state index is 0.00259. The van der Waals surface area contributed by atoms with Crippen LogP contribution in [0.4, 0.5) is 0 Å². The standard InChI is InChI=1S/C10H17N3O/c1-7(2)9(11)6-13-5-4-8(3)12-10(13)14/h4-5,7,9H,6,11H2,1-3H3. The fourth-order valence-corrected chi connectivity index (χ4v) is 1.09. The van der Waals surface area contributed by atoms with Gasteiger partial charge < -0.3 is 5.73 Å². The third-order valence-electron chi connectivity index (χ3n) is 2.28. The molecule has 1 aromatic rings. The van der Waals surface area contributed by atoms with Gasteiger partial charge in [-0.25, -0.2) is 4.79 Å². The maximum atomic E-state index is 11.4. The number of nitrogens with two attached hydrogens (primary N) is 1. The van der Waals surface area contributed by atoms with Gasteiger partial charge in [0.15, 0.2) is 0 Å². The van der Waals surface area contributed by atoms with E-state index in [9.17, 15) is 4.79 Å². The summed E-state index contributed by atoms with van der Waals surface area (Å²) in [5, 5.41) is 0. The minimum Gasteiger partial charge on any atom is -0.326 e. The first kappa shape index (κ1) is 10.9. The van der Waals surface area contributed by atoms with Crippen molar-refractivity contribution in [3.63, 3.8) is 0 Å². The van der Waals surface area contributed by atoms with Crippen LogP contribution in [0.25, 0.3) is 0 Å². The van der Waals surface area contributed by atoms with Crippen LogP contribution in [-0.2, 0) is 6.54 Å². The second-order valence-corrected chi connectivity index (χ2v) is 3.91. The molecule has 0 saturated heterocycles. The number of aryl methyl sites for hydroxylation is 1. The first-order chi connectivity index (χ1) is 6.50. The molecule has 0 aliphatic heterocycles. The molecule has 0 radical (unpaired) electrons. The molecule has 0 fully saturated rings. The van der Waals surface area contributed by atoms with E-state index in [0.717, 1.165) is 5.69 Å². The number of nitrogens with zero attached hydrogens (tertiary/aromatic N) is 2. The Morgan fingerprint density at radius 3 is 2.71 bits per heavy atom. The lowest BCUT2D eigenvalue weighted by Gasteiger charge is -2.16. The van der Waals surface area contributed by atoms with Gasteiger partial charge in [0.25, 0.3) is 0 Å². The van der Waals surface area contributed by atoms with E-state index in [1.54, 1.807) is 17.7 Å². The highest BCUT2D eigenvalue weighted by molar-refractivity contribution is 4.95. The molecule has 4 nitrogen and oxygen atoms in total. The Kier molecular flexibility index (Phi) is 3.41. The molecule has 0 aliphatic rings. The molecule has 0 spiro atoms. The Hall–Kier alpha value is -1.16. The summed E-state index contributed by atoms with van der Waals surface area (Å²) in [4.78, 5) is 15.2. The van der Waals surface area contributed by atoms with E-state index in [1.165, 1.54) is 0 Å². The molecule has 0 bridgehead atoms. The molecular formula is C10H17N3O. The summed E-state index contributed by atoms with van der Waals surface area (Å²) in [5.74, 6) is 0.364. The van der Waals surface area contributed by atoms with E-state index in [4.69, 9.17) is 5.73 Å². The Morgan fingerprint density at radius 1 is 1.57 bits per heavy atom. The normalized spacial score (nSPS) is 13.2. The van der Waals surface area contributed by atoms with Crippen molar-refractivity contribution in [1.29, 1.82) is 0 Å². The van der Waals surface area contributed by atoms with E-state index in [-0.39, 0.29) is 11.7 Å².